The number of hydrogen-bond acceptors (Lipinski definition) is 24. The zero-order valence-electron chi connectivity index (χ0n) is 66.0. The van der Waals surface area contributed by atoms with E-state index in [1.54, 1.807) is 52.4 Å². The van der Waals surface area contributed by atoms with Crippen LogP contribution in [0.2, 0.25) is 65.7 Å². The first-order valence-corrected chi connectivity index (χ1v) is 41.0. The van der Waals surface area contributed by atoms with Crippen molar-refractivity contribution < 1.29 is 89.3 Å². The van der Waals surface area contributed by atoms with Gasteiger partial charge in [-0.1, -0.05) is 92.1 Å². The molecule has 4 saturated carbocycles. The van der Waals surface area contributed by atoms with Crippen molar-refractivity contribution in [3.05, 3.63) is 29.6 Å². The van der Waals surface area contributed by atoms with Gasteiger partial charge in [-0.3, -0.25) is 33.9 Å². The minimum atomic E-state index is -1.30. The molecule has 6 aliphatic heterocycles. The summed E-state index contributed by atoms with van der Waals surface area (Å²) in [5.41, 5.74) is 31.3. The van der Waals surface area contributed by atoms with Crippen LogP contribution >= 0.6 is 0 Å². The summed E-state index contributed by atoms with van der Waals surface area (Å²) >= 11 is 0. The molecule has 35 heteroatoms. The summed E-state index contributed by atoms with van der Waals surface area (Å²) in [6.45, 7) is 15.7. The van der Waals surface area contributed by atoms with Crippen molar-refractivity contribution in [2.75, 3.05) is 52.4 Å². The first-order chi connectivity index (χ1) is 51.2. The van der Waals surface area contributed by atoms with Crippen LogP contribution in [0.4, 0.5) is 0 Å². The van der Waals surface area contributed by atoms with E-state index in [1.807, 2.05) is 0 Å². The molecular formula is C74H135B5N12O18. The molecule has 0 aromatic carbocycles. The van der Waals surface area contributed by atoms with Crippen molar-refractivity contribution in [2.24, 2.45) is 81.7 Å². The Morgan fingerprint density at radius 2 is 1.13 bits per heavy atom. The second-order valence-electron chi connectivity index (χ2n) is 35.0. The Hall–Kier alpha value is -4.39. The summed E-state index contributed by atoms with van der Waals surface area (Å²) in [6.07, 6.45) is 25.6. The number of piperazine rings is 1. The number of nitrogens with zero attached hydrogens (tertiary/aromatic N) is 2. The molecule has 19 atom stereocenters. The Kier molecular flexibility index (Phi) is 33.5. The molecular weight excluding hydrogens is 1400 g/mol. The smallest absolute Gasteiger partial charge is 0.328 e. The summed E-state index contributed by atoms with van der Waals surface area (Å²) in [4.78, 5) is 75.6. The van der Waals surface area contributed by atoms with Gasteiger partial charge < -0.3 is 116 Å². The minimum Gasteiger partial charge on any atom is -0.480 e. The summed E-state index contributed by atoms with van der Waals surface area (Å²) < 4.78 is 6.02. The Balaban J connectivity index is 0.000000182. The number of aliphatic carboxylic acids is 6. The zero-order valence-corrected chi connectivity index (χ0v) is 66.0. The highest BCUT2D eigenvalue weighted by molar-refractivity contribution is 6.49. The lowest BCUT2D eigenvalue weighted by atomic mass is 9.66. The molecule has 614 valence electrons. The standard InChI is InChI=1S/2C13H25BN2O3.C13H18N2O2.C12H24BN3O3.C12H23BN2O4.C11H20BNO3/c1-14(19)6-2-4-10-8-12(5-3-7-16-12)9-13(10,15)11(17)18;1-14(19)6-2-4-9-8-11-10(5-3-7-16-11)13(9,15)12(17)18;1-2-3-5-9-8-11-10(6-4-7-15-11)13(9,14)12(16)17;1-13(19)4-2-3-9-10-7-15-5-6-16(10)8-12(9,14)11(17)18;1-13(18)5-2-3-9-12(14,10(16)17)7-11(19-9)4-6-15-8-11;1-12(16)4-2-3-8-5-7-6-9(7)11(8,13)10(14)15/h10,16,19H,2-9,15H2,1H3,(H,17,18);9-11,16,19H,2-8,15H2,1H3,(H,17,18);4,6-7,9H,2-3,5,8,14H2,1H3,(H,16,17);9-10,15,19H,2-8,14H2,1H3,(H,17,18);9,15,18H,2-8,14H2,1H3,(H,16,17);7-9,16H,2-6,13H2,1H3,(H,14,15). The highest BCUT2D eigenvalue weighted by atomic mass is 16.5. The Bertz CT molecular complexity index is 3030. The number of carboxylic acid groups (broad SMARTS) is 6. The van der Waals surface area contributed by atoms with Crippen LogP contribution in [0.5, 0.6) is 0 Å². The second-order valence-corrected chi connectivity index (χ2v) is 35.0. The molecule has 7 heterocycles. The van der Waals surface area contributed by atoms with E-state index in [0.717, 1.165) is 192 Å². The maximum Gasteiger partial charge on any atom is 0.328 e. The Morgan fingerprint density at radius 3 is 1.65 bits per heavy atom. The maximum atomic E-state index is 11.7. The summed E-state index contributed by atoms with van der Waals surface area (Å²) in [5.74, 6) is -4.53. The third-order valence-corrected chi connectivity index (χ3v) is 26.7. The van der Waals surface area contributed by atoms with Gasteiger partial charge in [0.15, 0.2) is 0 Å². The molecule has 6 saturated heterocycles. The number of ether oxygens (including phenoxy) is 1. The molecule has 0 radical (unpaired) electrons. The van der Waals surface area contributed by atoms with Gasteiger partial charge in [-0.15, -0.1) is 0 Å². The molecule has 27 N–H and O–H groups in total. The number of rotatable bonds is 29. The van der Waals surface area contributed by atoms with E-state index in [0.29, 0.717) is 69.2 Å². The lowest BCUT2D eigenvalue weighted by Crippen LogP contribution is -2.59. The molecule has 30 nitrogen and oxygen atoms in total. The van der Waals surface area contributed by atoms with Gasteiger partial charge in [-0.2, -0.15) is 0 Å². The van der Waals surface area contributed by atoms with E-state index in [1.165, 1.54) is 0 Å². The summed E-state index contributed by atoms with van der Waals surface area (Å²) in [6, 6.07) is 4.02. The second kappa shape index (κ2) is 39.8. The van der Waals surface area contributed by atoms with Gasteiger partial charge >= 0.3 is 35.8 Å². The number of nitrogens with one attached hydrogen (secondary N) is 4. The van der Waals surface area contributed by atoms with E-state index in [-0.39, 0.29) is 93.6 Å². The van der Waals surface area contributed by atoms with Crippen molar-refractivity contribution in [3.63, 3.8) is 0 Å². The molecule has 109 heavy (non-hydrogen) atoms. The number of nitrogens with two attached hydrogens (primary N) is 6. The first kappa shape index (κ1) is 91.8. The van der Waals surface area contributed by atoms with E-state index in [2.05, 4.69) is 38.1 Å². The van der Waals surface area contributed by atoms with E-state index < -0.39 is 80.8 Å². The van der Waals surface area contributed by atoms with Crippen LogP contribution in [0.15, 0.2) is 18.3 Å². The number of fused-ring (bicyclic) bond motifs is 4. The lowest BCUT2D eigenvalue weighted by Gasteiger charge is -2.36. The van der Waals surface area contributed by atoms with Crippen LogP contribution < -0.4 is 55.7 Å². The largest absolute Gasteiger partial charge is 0.480 e. The van der Waals surface area contributed by atoms with Crippen molar-refractivity contribution in [1.82, 2.24) is 31.2 Å². The van der Waals surface area contributed by atoms with Crippen LogP contribution in [0.3, 0.4) is 0 Å². The third-order valence-electron chi connectivity index (χ3n) is 26.7. The molecule has 1 aromatic heterocycles. The average molecular weight is 1540 g/mol. The number of carbonyl (C=O) groups is 6. The fourth-order valence-electron chi connectivity index (χ4n) is 20.5. The Morgan fingerprint density at radius 1 is 0.578 bits per heavy atom. The van der Waals surface area contributed by atoms with Gasteiger partial charge in [-0.25, -0.2) is 4.79 Å². The lowest BCUT2D eigenvalue weighted by molar-refractivity contribution is -0.148. The van der Waals surface area contributed by atoms with E-state index >= 15 is 0 Å². The fourth-order valence-corrected chi connectivity index (χ4v) is 20.5. The normalized spacial score (nSPS) is 36.1. The van der Waals surface area contributed by atoms with Gasteiger partial charge in [0.05, 0.1) is 11.7 Å². The number of hydrogen-bond donors (Lipinski definition) is 21. The predicted octanol–water partition coefficient (Wildman–Crippen LogP) is 2.50. The molecule has 5 aliphatic carbocycles. The molecule has 2 spiro atoms. The highest BCUT2D eigenvalue weighted by Gasteiger charge is 2.66. The summed E-state index contributed by atoms with van der Waals surface area (Å²) in [7, 11) is 0. The number of piperidine rings is 1. The van der Waals surface area contributed by atoms with Crippen LogP contribution in [0.1, 0.15) is 172 Å². The van der Waals surface area contributed by atoms with Crippen LogP contribution in [0, 0.1) is 47.3 Å². The van der Waals surface area contributed by atoms with Crippen LogP contribution in [-0.4, -0.2) is 245 Å². The number of unbranched alkanes of at least 4 members (excludes halogenated alkanes) is 1. The fraction of sp³-hybridized carbons (Fsp3) is 0.851. The van der Waals surface area contributed by atoms with Gasteiger partial charge in [0, 0.05) is 86.1 Å². The van der Waals surface area contributed by atoms with Gasteiger partial charge in [0.25, 0.3) is 34.6 Å². The number of carboxylic acids is 6. The molecule has 1 aromatic rings. The van der Waals surface area contributed by atoms with Gasteiger partial charge in [-0.05, 0) is 202 Å². The van der Waals surface area contributed by atoms with Crippen molar-refractivity contribution in [3.8, 4) is 0 Å². The highest BCUT2D eigenvalue weighted by Crippen LogP contribution is 2.60. The molecule has 19 unspecified atom stereocenters. The van der Waals surface area contributed by atoms with E-state index in [4.69, 9.17) is 39.1 Å². The van der Waals surface area contributed by atoms with Gasteiger partial charge in [0.2, 0.25) is 0 Å². The van der Waals surface area contributed by atoms with Crippen molar-refractivity contribution in [1.29, 1.82) is 0 Å². The SMILES string of the molecule is CB(O)CCCC1C2CNCCN2CC1(N)C(=O)O.CB(O)CCCC1CC2(CCCN2)CC1(N)C(=O)O.CB(O)CCCC1CC2CC2C1(N)C(=O)O.CB(O)CCCC1CC2NCCCC2C1(N)C(=O)O.CB(O)CCCC1OC2(CCNC2)CC1(N)C(=O)O.CCCCC1Cc2ncccc2C1(N)C(=O)O. The van der Waals surface area contributed by atoms with Crippen LogP contribution in [0.25, 0.3) is 0 Å². The van der Waals surface area contributed by atoms with Crippen molar-refractivity contribution in [2.45, 2.75) is 296 Å². The molecule has 0 amide bonds. The topological polar surface area (TPSA) is 555 Å². The number of pyridine rings is 1. The van der Waals surface area contributed by atoms with Gasteiger partial charge in [0.1, 0.15) is 33.2 Å². The summed E-state index contributed by atoms with van der Waals surface area (Å²) in [5, 5.41) is 117. The van der Waals surface area contributed by atoms with Crippen molar-refractivity contribution >= 4 is 70.4 Å². The monoisotopic (exact) mass is 1540 g/mol. The predicted molar refractivity (Wildman–Crippen MR) is 423 cm³/mol. The van der Waals surface area contributed by atoms with Crippen LogP contribution in [-0.2, 0) is 45.5 Å². The maximum absolute atomic E-state index is 11.7. The quantitative estimate of drug-likeness (QED) is 0.0512. The average Bonchev–Trinajstić information content (AvgIpc) is 1.56. The third kappa shape index (κ3) is 22.2. The number of aromatic nitrogens is 1. The molecule has 10 fully saturated rings. The van der Waals surface area contributed by atoms with E-state index in [9.17, 15) is 84.5 Å². The molecule has 12 rings (SSSR count). The zero-order chi connectivity index (χ0) is 80.7. The molecule has 11 aliphatic rings. The Labute approximate surface area is 647 Å². The minimum absolute atomic E-state index is 0.00866. The first-order valence-electron chi connectivity index (χ1n) is 41.0. The molecule has 0 bridgehead atoms.